The Bertz CT molecular complexity index is 2360. The lowest BCUT2D eigenvalue weighted by Crippen LogP contribution is -2.52. The van der Waals surface area contributed by atoms with Gasteiger partial charge >= 0.3 is 0 Å². The summed E-state index contributed by atoms with van der Waals surface area (Å²) in [6.07, 6.45) is -0.0000306. The Labute approximate surface area is 345 Å². The third kappa shape index (κ3) is 7.02. The highest BCUT2D eigenvalue weighted by molar-refractivity contribution is 6.91. The molecule has 3 heterocycles. The van der Waals surface area contributed by atoms with Crippen molar-refractivity contribution in [2.24, 2.45) is 5.92 Å². The molecule has 2 N–H and O–H groups in total. The highest BCUT2D eigenvalue weighted by Gasteiger charge is 2.66. The highest BCUT2D eigenvalue weighted by Crippen LogP contribution is 2.60. The molecule has 3 aliphatic heterocycles. The third-order valence-electron chi connectivity index (χ3n) is 12.6. The fourth-order valence-corrected chi connectivity index (χ4v) is 13.9. The number of ether oxygens (including phenoxy) is 2. The van der Waals surface area contributed by atoms with Gasteiger partial charge in [-0.25, -0.2) is 0 Å². The molecule has 0 saturated carbocycles. The zero-order chi connectivity index (χ0) is 40.8. The quantitative estimate of drug-likeness (QED) is 0.140. The number of fused-ring (bicyclic) bond motifs is 3. The molecule has 1 saturated heterocycles. The maximum Gasteiger partial charge on any atom is 0.264 e. The summed E-state index contributed by atoms with van der Waals surface area (Å²) in [5.74, 6) is -0.153. The van der Waals surface area contributed by atoms with Crippen LogP contribution in [0.15, 0.2) is 121 Å². The van der Waals surface area contributed by atoms with E-state index in [1.54, 1.807) is 35.1 Å². The molecular formula is C47H48ClN3O6Si. The molecular weight excluding hydrogens is 766 g/mol. The van der Waals surface area contributed by atoms with Crippen LogP contribution >= 0.6 is 11.6 Å². The van der Waals surface area contributed by atoms with Crippen LogP contribution in [0.5, 0.6) is 5.75 Å². The largest absolute Gasteiger partial charge is 0.497 e. The Hall–Kier alpha value is -5.26. The maximum absolute atomic E-state index is 15.4. The van der Waals surface area contributed by atoms with Crippen LogP contribution in [0, 0.1) is 5.92 Å². The molecule has 1 spiro atoms. The summed E-state index contributed by atoms with van der Waals surface area (Å²) < 4.78 is 12.8. The zero-order valence-electron chi connectivity index (χ0n) is 33.2. The molecule has 0 unspecified atom stereocenters. The normalized spacial score (nSPS) is 22.5. The van der Waals surface area contributed by atoms with Crippen LogP contribution in [0.25, 0.3) is 0 Å². The van der Waals surface area contributed by atoms with E-state index in [2.05, 4.69) is 43.5 Å². The molecule has 3 aliphatic rings. The molecule has 1 fully saturated rings. The number of hydrogen-bond acceptors (Lipinski definition) is 6. The number of hydrogen-bond donors (Lipinski definition) is 2. The summed E-state index contributed by atoms with van der Waals surface area (Å²) in [6.45, 7) is 7.13. The first-order valence-electron chi connectivity index (χ1n) is 19.8. The zero-order valence-corrected chi connectivity index (χ0v) is 34.9. The lowest BCUT2D eigenvalue weighted by Gasteiger charge is -2.39. The number of halogens is 1. The van der Waals surface area contributed by atoms with Crippen molar-refractivity contribution in [1.82, 2.24) is 4.90 Å². The Balaban J connectivity index is 1.15. The van der Waals surface area contributed by atoms with Gasteiger partial charge in [-0.3, -0.25) is 14.4 Å². The van der Waals surface area contributed by atoms with Crippen LogP contribution < -0.4 is 20.1 Å². The van der Waals surface area contributed by atoms with E-state index >= 15 is 4.79 Å². The third-order valence-corrected chi connectivity index (χ3v) is 17.2. The number of carbonyl (C=O) groups excluding carboxylic acids is 3. The number of aliphatic hydroxyl groups is 1. The Morgan fingerprint density at radius 1 is 0.931 bits per heavy atom. The van der Waals surface area contributed by atoms with E-state index in [0.29, 0.717) is 40.5 Å². The summed E-state index contributed by atoms with van der Waals surface area (Å²) in [5.41, 5.74) is 3.96. The van der Waals surface area contributed by atoms with E-state index in [4.69, 9.17) is 21.1 Å². The van der Waals surface area contributed by atoms with Crippen molar-refractivity contribution in [3.63, 3.8) is 0 Å². The van der Waals surface area contributed by atoms with Gasteiger partial charge in [-0.05, 0) is 83.2 Å². The van der Waals surface area contributed by atoms with E-state index in [0.717, 1.165) is 27.6 Å². The van der Waals surface area contributed by atoms with Crippen LogP contribution in [0.4, 0.5) is 11.4 Å². The predicted molar refractivity (Wildman–Crippen MR) is 229 cm³/mol. The van der Waals surface area contributed by atoms with Crippen LogP contribution in [0.2, 0.25) is 23.7 Å². The topological polar surface area (TPSA) is 108 Å². The summed E-state index contributed by atoms with van der Waals surface area (Å²) in [7, 11) is -0.913. The average Bonchev–Trinajstić information content (AvgIpc) is 3.66. The molecule has 0 aliphatic carbocycles. The number of carbonyl (C=O) groups is 3. The van der Waals surface area contributed by atoms with Crippen LogP contribution in [0.1, 0.15) is 46.0 Å². The van der Waals surface area contributed by atoms with Gasteiger partial charge < -0.3 is 29.7 Å². The number of nitrogens with zero attached hydrogens (tertiary/aromatic N) is 2. The van der Waals surface area contributed by atoms with Gasteiger partial charge in [0.2, 0.25) is 5.91 Å². The van der Waals surface area contributed by atoms with Crippen molar-refractivity contribution < 1.29 is 29.0 Å². The summed E-state index contributed by atoms with van der Waals surface area (Å²) in [5, 5.41) is 15.1. The van der Waals surface area contributed by atoms with Crippen molar-refractivity contribution in [2.45, 2.75) is 69.2 Å². The molecule has 0 radical (unpaired) electrons. The summed E-state index contributed by atoms with van der Waals surface area (Å²) >= 11 is 6.74. The van der Waals surface area contributed by atoms with Crippen LogP contribution in [-0.2, 0) is 39.4 Å². The molecule has 0 aromatic heterocycles. The van der Waals surface area contributed by atoms with E-state index in [1.807, 2.05) is 84.9 Å². The van der Waals surface area contributed by atoms with Gasteiger partial charge in [0.1, 0.15) is 5.75 Å². The van der Waals surface area contributed by atoms with Crippen molar-refractivity contribution >= 4 is 54.0 Å². The highest BCUT2D eigenvalue weighted by atomic mass is 35.5. The van der Waals surface area contributed by atoms with Crippen molar-refractivity contribution in [3.05, 3.63) is 154 Å². The van der Waals surface area contributed by atoms with E-state index < -0.39 is 19.8 Å². The predicted octanol–water partition coefficient (Wildman–Crippen LogP) is 7.70. The lowest BCUT2D eigenvalue weighted by atomic mass is 9.82. The Kier molecular flexibility index (Phi) is 10.8. The minimum absolute atomic E-state index is 0.0499. The summed E-state index contributed by atoms with van der Waals surface area (Å²) in [6, 6.07) is 37.8. The van der Waals surface area contributed by atoms with Crippen molar-refractivity contribution in [2.75, 3.05) is 23.9 Å². The van der Waals surface area contributed by atoms with Gasteiger partial charge in [-0.15, -0.1) is 0 Å². The number of nitrogens with one attached hydrogen (secondary N) is 1. The second-order valence-electron chi connectivity index (χ2n) is 16.3. The molecule has 3 amide bonds. The van der Waals surface area contributed by atoms with Gasteiger partial charge in [-0.2, -0.15) is 0 Å². The maximum atomic E-state index is 15.4. The molecule has 58 heavy (non-hydrogen) atoms. The number of amides is 3. The standard InChI is InChI=1S/C47H48ClN3O6Si/c1-30-44(58(3,4)39-20-18-38(56-2)19-21-39)42(26-43(53)50-28-34-15-9-8-14-33(34)24-37(50)29-52)57-47(30)40-25-35(48)17-22-41(40)51(46(47)55)27-31-11-10-16-36(23-31)49-45(54)32-12-6-5-7-13-32/h5-23,25,30,37,42,44,52H,24,26-29H2,1-4H3,(H,49,54)/t30-,37+,42+,44-,47+/m1/s1. The minimum atomic E-state index is -2.56. The number of anilines is 2. The molecule has 5 aromatic carbocycles. The SMILES string of the molecule is COc1ccc([Si](C)(C)[C@H]2[C@H](CC(=O)N3Cc4ccccc4C[C@H]3CO)O[C@@]3(C(=O)N(Cc4cccc(NC(=O)c5ccccc5)c4)c4ccc(Cl)cc43)[C@@H]2C)cc1. The Morgan fingerprint density at radius 3 is 2.38 bits per heavy atom. The summed E-state index contributed by atoms with van der Waals surface area (Å²) in [4.78, 5) is 46.6. The Morgan fingerprint density at radius 2 is 1.66 bits per heavy atom. The van der Waals surface area contributed by atoms with Gasteiger partial charge in [0.15, 0.2) is 5.60 Å². The van der Waals surface area contributed by atoms with Crippen molar-refractivity contribution in [1.29, 1.82) is 0 Å². The number of benzene rings is 5. The molecule has 11 heteroatoms. The van der Waals surface area contributed by atoms with E-state index in [9.17, 15) is 14.7 Å². The number of methoxy groups -OCH3 is 1. The molecule has 5 atom stereocenters. The van der Waals surface area contributed by atoms with Gasteiger partial charge in [0, 0.05) is 34.3 Å². The first-order valence-corrected chi connectivity index (χ1v) is 23.3. The van der Waals surface area contributed by atoms with Gasteiger partial charge in [0.05, 0.1) is 52.6 Å². The smallest absolute Gasteiger partial charge is 0.264 e. The molecule has 0 bridgehead atoms. The number of rotatable bonds is 10. The molecule has 8 rings (SSSR count). The fourth-order valence-electron chi connectivity index (χ4n) is 9.70. The molecule has 5 aromatic rings. The lowest BCUT2D eigenvalue weighted by molar-refractivity contribution is -0.151. The number of aliphatic hydroxyl groups excluding tert-OH is 1. The minimum Gasteiger partial charge on any atom is -0.497 e. The fraction of sp³-hybridized carbons (Fsp3) is 0.298. The van der Waals surface area contributed by atoms with E-state index in [1.165, 1.54) is 0 Å². The average molecular weight is 814 g/mol. The van der Waals surface area contributed by atoms with Crippen molar-refractivity contribution in [3.8, 4) is 5.75 Å². The first-order chi connectivity index (χ1) is 27.9. The van der Waals surface area contributed by atoms with Gasteiger partial charge in [0.25, 0.3) is 11.8 Å². The molecule has 298 valence electrons. The second-order valence-corrected chi connectivity index (χ2v) is 21.4. The van der Waals surface area contributed by atoms with Gasteiger partial charge in [-0.1, -0.05) is 104 Å². The first kappa shape index (κ1) is 39.6. The monoisotopic (exact) mass is 813 g/mol. The second kappa shape index (κ2) is 15.8. The van der Waals surface area contributed by atoms with E-state index in [-0.39, 0.29) is 54.8 Å². The van der Waals surface area contributed by atoms with Crippen LogP contribution in [0.3, 0.4) is 0 Å². The van der Waals surface area contributed by atoms with Crippen LogP contribution in [-0.4, -0.2) is 61.7 Å². The molecule has 9 nitrogen and oxygen atoms in total.